The van der Waals surface area contributed by atoms with Gasteiger partial charge in [-0.1, -0.05) is 0 Å². The molecule has 0 saturated carbocycles. The monoisotopic (exact) mass is 188 g/mol. The van der Waals surface area contributed by atoms with Crippen LogP contribution in [0.5, 0.6) is 0 Å². The molecule has 0 aromatic carbocycles. The molecule has 1 aromatic rings. The van der Waals surface area contributed by atoms with Crippen LogP contribution < -0.4 is 5.73 Å². The molecular weight excluding hydrogens is 175 g/mol. The molecule has 2 nitrogen and oxygen atoms in total. The summed E-state index contributed by atoms with van der Waals surface area (Å²) >= 11 is 1.54. The first-order valence-corrected chi connectivity index (χ1v) is 4.71. The summed E-state index contributed by atoms with van der Waals surface area (Å²) in [6.45, 7) is 3.46. The van der Waals surface area contributed by atoms with Crippen LogP contribution in [0.15, 0.2) is 5.38 Å². The summed E-state index contributed by atoms with van der Waals surface area (Å²) in [7, 11) is 0. The number of hydrogen-bond donors (Lipinski definition) is 1. The van der Waals surface area contributed by atoms with E-state index in [0.29, 0.717) is 6.42 Å². The van der Waals surface area contributed by atoms with Crippen molar-refractivity contribution in [2.45, 2.75) is 25.9 Å². The van der Waals surface area contributed by atoms with Crippen LogP contribution in [0.4, 0.5) is 4.39 Å². The van der Waals surface area contributed by atoms with Crippen molar-refractivity contribution >= 4 is 11.3 Å². The molecule has 0 radical (unpaired) electrons. The van der Waals surface area contributed by atoms with Gasteiger partial charge in [0.15, 0.2) is 0 Å². The first-order chi connectivity index (χ1) is 5.53. The summed E-state index contributed by atoms with van der Waals surface area (Å²) in [6, 6.07) is 0. The van der Waals surface area contributed by atoms with Crippen molar-refractivity contribution in [1.29, 1.82) is 0 Å². The van der Waals surface area contributed by atoms with Crippen molar-refractivity contribution in [3.05, 3.63) is 16.1 Å². The van der Waals surface area contributed by atoms with Crippen LogP contribution >= 0.6 is 11.3 Å². The largest absolute Gasteiger partial charge is 0.328 e. The number of alkyl halides is 1. The maximum absolute atomic E-state index is 13.4. The van der Waals surface area contributed by atoms with Gasteiger partial charge < -0.3 is 5.73 Å². The van der Waals surface area contributed by atoms with Gasteiger partial charge in [-0.05, 0) is 13.8 Å². The van der Waals surface area contributed by atoms with Crippen LogP contribution in [-0.2, 0) is 6.42 Å². The summed E-state index contributed by atoms with van der Waals surface area (Å²) in [5.74, 6) is 0. The second-order valence-electron chi connectivity index (χ2n) is 3.15. The van der Waals surface area contributed by atoms with E-state index in [9.17, 15) is 4.39 Å². The van der Waals surface area contributed by atoms with Gasteiger partial charge in [0.25, 0.3) is 0 Å². The van der Waals surface area contributed by atoms with Crippen LogP contribution in [-0.4, -0.2) is 17.2 Å². The van der Waals surface area contributed by atoms with Crippen LogP contribution in [0.2, 0.25) is 0 Å². The van der Waals surface area contributed by atoms with Gasteiger partial charge in [0.05, 0.1) is 10.7 Å². The standard InChI is InChI=1S/C8H13FN2S/c1-6-11-7(4-12-6)3-8(2,9)5-10/h4H,3,5,10H2,1-2H3. The first-order valence-electron chi connectivity index (χ1n) is 3.83. The minimum atomic E-state index is -1.32. The zero-order valence-corrected chi connectivity index (χ0v) is 8.12. The molecule has 1 rings (SSSR count). The number of thiazole rings is 1. The molecule has 0 aliphatic heterocycles. The average molecular weight is 188 g/mol. The van der Waals surface area contributed by atoms with E-state index in [-0.39, 0.29) is 6.54 Å². The van der Waals surface area contributed by atoms with Crippen LogP contribution in [0.25, 0.3) is 0 Å². The van der Waals surface area contributed by atoms with E-state index in [4.69, 9.17) is 5.73 Å². The fraction of sp³-hybridized carbons (Fsp3) is 0.625. The number of nitrogens with zero attached hydrogens (tertiary/aromatic N) is 1. The fourth-order valence-electron chi connectivity index (χ4n) is 0.939. The number of nitrogens with two attached hydrogens (primary N) is 1. The number of rotatable bonds is 3. The van der Waals surface area contributed by atoms with Gasteiger partial charge in [-0.15, -0.1) is 11.3 Å². The van der Waals surface area contributed by atoms with Gasteiger partial charge >= 0.3 is 0 Å². The van der Waals surface area contributed by atoms with Crippen LogP contribution in [0.3, 0.4) is 0 Å². The molecule has 0 bridgehead atoms. The molecule has 4 heteroatoms. The van der Waals surface area contributed by atoms with Gasteiger partial charge in [0, 0.05) is 18.3 Å². The Morgan fingerprint density at radius 3 is 2.83 bits per heavy atom. The minimum Gasteiger partial charge on any atom is -0.328 e. The first kappa shape index (κ1) is 9.61. The molecule has 0 spiro atoms. The second-order valence-corrected chi connectivity index (χ2v) is 4.21. The summed E-state index contributed by atoms with van der Waals surface area (Å²) < 4.78 is 13.4. The summed E-state index contributed by atoms with van der Waals surface area (Å²) in [5.41, 5.74) is 4.74. The van der Waals surface area contributed by atoms with Crippen molar-refractivity contribution in [2.24, 2.45) is 5.73 Å². The Kier molecular flexibility index (Phi) is 2.80. The van der Waals surface area contributed by atoms with E-state index in [1.54, 1.807) is 0 Å². The summed E-state index contributed by atoms with van der Waals surface area (Å²) in [4.78, 5) is 4.17. The van der Waals surface area contributed by atoms with Crippen LogP contribution in [0.1, 0.15) is 17.6 Å². The normalized spacial score (nSPS) is 16.0. The third-order valence-corrected chi connectivity index (χ3v) is 2.46. The lowest BCUT2D eigenvalue weighted by atomic mass is 10.0. The van der Waals surface area contributed by atoms with Crippen molar-refractivity contribution in [3.8, 4) is 0 Å². The molecule has 0 aliphatic rings. The fourth-order valence-corrected chi connectivity index (χ4v) is 1.55. The summed E-state index contributed by atoms with van der Waals surface area (Å²) in [5, 5.41) is 2.85. The highest BCUT2D eigenvalue weighted by Crippen LogP contribution is 2.17. The molecule has 1 aromatic heterocycles. The molecule has 0 fully saturated rings. The molecule has 12 heavy (non-hydrogen) atoms. The van der Waals surface area contributed by atoms with E-state index < -0.39 is 5.67 Å². The quantitative estimate of drug-likeness (QED) is 0.783. The van der Waals surface area contributed by atoms with E-state index in [2.05, 4.69) is 4.98 Å². The third-order valence-electron chi connectivity index (χ3n) is 1.64. The Morgan fingerprint density at radius 1 is 1.75 bits per heavy atom. The van der Waals surface area contributed by atoms with Crippen LogP contribution in [0, 0.1) is 6.92 Å². The highest BCUT2D eigenvalue weighted by atomic mass is 32.1. The molecule has 1 atom stereocenters. The topological polar surface area (TPSA) is 38.9 Å². The number of aromatic nitrogens is 1. The van der Waals surface area contributed by atoms with Gasteiger partial charge in [-0.3, -0.25) is 0 Å². The Balaban J connectivity index is 2.63. The van der Waals surface area contributed by atoms with E-state index >= 15 is 0 Å². The molecule has 2 N–H and O–H groups in total. The zero-order valence-electron chi connectivity index (χ0n) is 7.30. The van der Waals surface area contributed by atoms with Crippen molar-refractivity contribution in [2.75, 3.05) is 6.54 Å². The van der Waals surface area contributed by atoms with Gasteiger partial charge in [-0.25, -0.2) is 9.37 Å². The zero-order chi connectivity index (χ0) is 9.19. The average Bonchev–Trinajstić information content (AvgIpc) is 2.35. The van der Waals surface area contributed by atoms with E-state index in [0.717, 1.165) is 10.7 Å². The molecule has 0 saturated heterocycles. The van der Waals surface area contributed by atoms with Crippen molar-refractivity contribution in [1.82, 2.24) is 4.98 Å². The molecule has 68 valence electrons. The molecular formula is C8H13FN2S. The van der Waals surface area contributed by atoms with Crippen molar-refractivity contribution in [3.63, 3.8) is 0 Å². The van der Waals surface area contributed by atoms with Gasteiger partial charge in [0.2, 0.25) is 0 Å². The Hall–Kier alpha value is -0.480. The highest BCUT2D eigenvalue weighted by molar-refractivity contribution is 7.09. The predicted molar refractivity (Wildman–Crippen MR) is 49.1 cm³/mol. The third kappa shape index (κ3) is 2.53. The number of halogens is 1. The minimum absolute atomic E-state index is 0.0452. The molecule has 0 amide bonds. The Morgan fingerprint density at radius 2 is 2.42 bits per heavy atom. The Bertz CT molecular complexity index is 257. The molecule has 1 heterocycles. The number of aryl methyl sites for hydroxylation is 1. The van der Waals surface area contributed by atoms with Crippen molar-refractivity contribution < 1.29 is 4.39 Å². The van der Waals surface area contributed by atoms with Gasteiger partial charge in [0.1, 0.15) is 5.67 Å². The maximum atomic E-state index is 13.4. The highest BCUT2D eigenvalue weighted by Gasteiger charge is 2.22. The number of hydrogen-bond acceptors (Lipinski definition) is 3. The lowest BCUT2D eigenvalue weighted by molar-refractivity contribution is 0.198. The van der Waals surface area contributed by atoms with Gasteiger partial charge in [-0.2, -0.15) is 0 Å². The smallest absolute Gasteiger partial charge is 0.125 e. The molecule has 0 aliphatic carbocycles. The Labute approximate surface area is 75.6 Å². The predicted octanol–water partition coefficient (Wildman–Crippen LogP) is 1.68. The van der Waals surface area contributed by atoms with E-state index in [1.807, 2.05) is 12.3 Å². The lowest BCUT2D eigenvalue weighted by Gasteiger charge is -2.15. The maximum Gasteiger partial charge on any atom is 0.125 e. The second kappa shape index (κ2) is 3.49. The SMILES string of the molecule is Cc1nc(CC(C)(F)CN)cs1. The lowest BCUT2D eigenvalue weighted by Crippen LogP contribution is -2.31. The molecule has 1 unspecified atom stereocenters. The summed E-state index contributed by atoms with van der Waals surface area (Å²) in [6.07, 6.45) is 0.313. The van der Waals surface area contributed by atoms with E-state index in [1.165, 1.54) is 18.3 Å².